The van der Waals surface area contributed by atoms with E-state index in [2.05, 4.69) is 10.3 Å². The SMILES string of the molecule is COC1CC(Nc2ccc(N)cn2)C1. The number of nitrogens with one attached hydrogen (secondary N) is 1. The van der Waals surface area contributed by atoms with Gasteiger partial charge in [0.2, 0.25) is 0 Å². The van der Waals surface area contributed by atoms with Crippen LogP contribution in [0.1, 0.15) is 12.8 Å². The van der Waals surface area contributed by atoms with Gasteiger partial charge in [-0.1, -0.05) is 0 Å². The van der Waals surface area contributed by atoms with Crippen LogP contribution in [0.5, 0.6) is 0 Å². The first-order valence-electron chi connectivity index (χ1n) is 4.79. The molecule has 0 amide bonds. The Morgan fingerprint density at radius 3 is 2.86 bits per heavy atom. The quantitative estimate of drug-likeness (QED) is 0.758. The summed E-state index contributed by atoms with van der Waals surface area (Å²) >= 11 is 0. The summed E-state index contributed by atoms with van der Waals surface area (Å²) in [7, 11) is 1.75. The van der Waals surface area contributed by atoms with E-state index in [-0.39, 0.29) is 0 Å². The molecule has 1 aliphatic rings. The summed E-state index contributed by atoms with van der Waals surface area (Å²) in [5, 5.41) is 3.32. The highest BCUT2D eigenvalue weighted by Crippen LogP contribution is 2.25. The van der Waals surface area contributed by atoms with Gasteiger partial charge in [0.25, 0.3) is 0 Å². The van der Waals surface area contributed by atoms with Crippen LogP contribution in [0.2, 0.25) is 0 Å². The summed E-state index contributed by atoms with van der Waals surface area (Å²) in [6.07, 6.45) is 4.20. The standard InChI is InChI=1S/C10H15N3O/c1-14-9-4-8(5-9)13-10-3-2-7(11)6-12-10/h2-3,6,8-9H,4-5,11H2,1H3,(H,12,13). The van der Waals surface area contributed by atoms with Crippen LogP contribution in [0.3, 0.4) is 0 Å². The van der Waals surface area contributed by atoms with E-state index in [0.717, 1.165) is 18.7 Å². The lowest BCUT2D eigenvalue weighted by Crippen LogP contribution is -2.40. The molecule has 1 aromatic heterocycles. The summed E-state index contributed by atoms with van der Waals surface area (Å²) in [5.74, 6) is 0.888. The summed E-state index contributed by atoms with van der Waals surface area (Å²) in [6, 6.07) is 4.24. The van der Waals surface area contributed by atoms with Crippen LogP contribution in [0.25, 0.3) is 0 Å². The van der Waals surface area contributed by atoms with E-state index in [4.69, 9.17) is 10.5 Å². The Labute approximate surface area is 83.5 Å². The van der Waals surface area contributed by atoms with E-state index in [9.17, 15) is 0 Å². The van der Waals surface area contributed by atoms with Crippen molar-refractivity contribution in [2.45, 2.75) is 25.0 Å². The number of anilines is 2. The number of nitrogens with zero attached hydrogens (tertiary/aromatic N) is 1. The molecule has 0 saturated heterocycles. The van der Waals surface area contributed by atoms with Gasteiger partial charge in [-0.3, -0.25) is 0 Å². The summed E-state index contributed by atoms with van der Waals surface area (Å²) < 4.78 is 5.19. The molecule has 2 rings (SSSR count). The third kappa shape index (κ3) is 1.96. The predicted molar refractivity (Wildman–Crippen MR) is 56.1 cm³/mol. The number of pyridine rings is 1. The van der Waals surface area contributed by atoms with Gasteiger partial charge in [0.15, 0.2) is 0 Å². The number of hydrogen-bond acceptors (Lipinski definition) is 4. The van der Waals surface area contributed by atoms with Crippen LogP contribution in [0.15, 0.2) is 18.3 Å². The zero-order valence-electron chi connectivity index (χ0n) is 8.23. The van der Waals surface area contributed by atoms with Gasteiger partial charge in [0.05, 0.1) is 18.0 Å². The van der Waals surface area contributed by atoms with Crippen LogP contribution in [0, 0.1) is 0 Å². The van der Waals surface area contributed by atoms with Crippen molar-refractivity contribution in [1.29, 1.82) is 0 Å². The van der Waals surface area contributed by atoms with Crippen molar-refractivity contribution in [2.75, 3.05) is 18.2 Å². The monoisotopic (exact) mass is 193 g/mol. The largest absolute Gasteiger partial charge is 0.397 e. The Bertz CT molecular complexity index is 293. The van der Waals surface area contributed by atoms with Gasteiger partial charge >= 0.3 is 0 Å². The second kappa shape index (κ2) is 3.84. The van der Waals surface area contributed by atoms with E-state index < -0.39 is 0 Å². The molecule has 1 fully saturated rings. The molecule has 0 aromatic carbocycles. The molecular formula is C10H15N3O. The van der Waals surface area contributed by atoms with Gasteiger partial charge in [0, 0.05) is 13.2 Å². The number of aromatic nitrogens is 1. The van der Waals surface area contributed by atoms with Crippen molar-refractivity contribution in [2.24, 2.45) is 0 Å². The molecule has 0 radical (unpaired) electrons. The Balaban J connectivity index is 1.84. The zero-order valence-corrected chi connectivity index (χ0v) is 8.23. The number of hydrogen-bond donors (Lipinski definition) is 2. The maximum atomic E-state index is 5.54. The Morgan fingerprint density at radius 2 is 2.29 bits per heavy atom. The normalized spacial score (nSPS) is 25.5. The van der Waals surface area contributed by atoms with Crippen LogP contribution in [-0.2, 0) is 4.74 Å². The molecular weight excluding hydrogens is 178 g/mol. The molecule has 1 aliphatic carbocycles. The highest BCUT2D eigenvalue weighted by Gasteiger charge is 2.28. The number of nitrogen functional groups attached to an aromatic ring is 1. The fourth-order valence-electron chi connectivity index (χ4n) is 1.58. The van der Waals surface area contributed by atoms with Crippen LogP contribution in [-0.4, -0.2) is 24.2 Å². The molecule has 4 heteroatoms. The van der Waals surface area contributed by atoms with E-state index in [1.165, 1.54) is 0 Å². The van der Waals surface area contributed by atoms with E-state index in [1.54, 1.807) is 13.3 Å². The van der Waals surface area contributed by atoms with Crippen molar-refractivity contribution in [3.8, 4) is 0 Å². The van der Waals surface area contributed by atoms with E-state index >= 15 is 0 Å². The number of rotatable bonds is 3. The Kier molecular flexibility index (Phi) is 2.54. The topological polar surface area (TPSA) is 60.2 Å². The average Bonchev–Trinajstić information content (AvgIpc) is 2.13. The molecule has 76 valence electrons. The summed E-state index contributed by atoms with van der Waals surface area (Å²) in [6.45, 7) is 0. The second-order valence-corrected chi connectivity index (χ2v) is 3.65. The minimum absolute atomic E-state index is 0.418. The maximum absolute atomic E-state index is 5.54. The molecule has 0 unspecified atom stereocenters. The lowest BCUT2D eigenvalue weighted by atomic mass is 9.89. The first-order chi connectivity index (χ1) is 6.78. The molecule has 4 nitrogen and oxygen atoms in total. The molecule has 1 heterocycles. The maximum Gasteiger partial charge on any atom is 0.126 e. The molecule has 0 bridgehead atoms. The Morgan fingerprint density at radius 1 is 1.50 bits per heavy atom. The van der Waals surface area contributed by atoms with Gasteiger partial charge < -0.3 is 15.8 Å². The predicted octanol–water partition coefficient (Wildman–Crippen LogP) is 1.25. The van der Waals surface area contributed by atoms with Gasteiger partial charge in [-0.2, -0.15) is 0 Å². The minimum Gasteiger partial charge on any atom is -0.397 e. The van der Waals surface area contributed by atoms with Crippen molar-refractivity contribution in [3.05, 3.63) is 18.3 Å². The molecule has 0 aliphatic heterocycles. The second-order valence-electron chi connectivity index (χ2n) is 3.65. The molecule has 14 heavy (non-hydrogen) atoms. The first kappa shape index (κ1) is 9.27. The van der Waals surface area contributed by atoms with Gasteiger partial charge in [0.1, 0.15) is 5.82 Å². The van der Waals surface area contributed by atoms with Gasteiger partial charge in [-0.25, -0.2) is 4.98 Å². The lowest BCUT2D eigenvalue weighted by Gasteiger charge is -2.34. The number of ether oxygens (including phenoxy) is 1. The summed E-state index contributed by atoms with van der Waals surface area (Å²) in [5.41, 5.74) is 6.23. The lowest BCUT2D eigenvalue weighted by molar-refractivity contribution is 0.0328. The molecule has 0 atom stereocenters. The average molecular weight is 193 g/mol. The Hall–Kier alpha value is -1.29. The van der Waals surface area contributed by atoms with E-state index in [0.29, 0.717) is 17.8 Å². The minimum atomic E-state index is 0.418. The number of methoxy groups -OCH3 is 1. The summed E-state index contributed by atoms with van der Waals surface area (Å²) in [4.78, 5) is 4.17. The third-order valence-electron chi connectivity index (χ3n) is 2.57. The molecule has 1 aromatic rings. The smallest absolute Gasteiger partial charge is 0.126 e. The van der Waals surface area contributed by atoms with Crippen molar-refractivity contribution in [3.63, 3.8) is 0 Å². The first-order valence-corrected chi connectivity index (χ1v) is 4.79. The molecule has 0 spiro atoms. The van der Waals surface area contributed by atoms with E-state index in [1.807, 2.05) is 12.1 Å². The van der Waals surface area contributed by atoms with Crippen LogP contribution < -0.4 is 11.1 Å². The van der Waals surface area contributed by atoms with Crippen LogP contribution >= 0.6 is 0 Å². The van der Waals surface area contributed by atoms with Crippen molar-refractivity contribution >= 4 is 11.5 Å². The van der Waals surface area contributed by atoms with Crippen molar-refractivity contribution < 1.29 is 4.74 Å². The number of nitrogens with two attached hydrogens (primary N) is 1. The zero-order chi connectivity index (χ0) is 9.97. The molecule has 1 saturated carbocycles. The van der Waals surface area contributed by atoms with Gasteiger partial charge in [-0.05, 0) is 25.0 Å². The molecule has 3 N–H and O–H groups in total. The highest BCUT2D eigenvalue weighted by molar-refractivity contribution is 5.44. The highest BCUT2D eigenvalue weighted by atomic mass is 16.5. The fraction of sp³-hybridized carbons (Fsp3) is 0.500. The fourth-order valence-corrected chi connectivity index (χ4v) is 1.58. The van der Waals surface area contributed by atoms with Crippen LogP contribution in [0.4, 0.5) is 11.5 Å². The van der Waals surface area contributed by atoms with Gasteiger partial charge in [-0.15, -0.1) is 0 Å². The third-order valence-corrected chi connectivity index (χ3v) is 2.57. The van der Waals surface area contributed by atoms with Crippen molar-refractivity contribution in [1.82, 2.24) is 4.98 Å².